The van der Waals surface area contributed by atoms with Crippen LogP contribution in [0.15, 0.2) is 4.99 Å². The molecule has 0 fully saturated rings. The second-order valence-electron chi connectivity index (χ2n) is 4.02. The molecule has 0 saturated heterocycles. The van der Waals surface area contributed by atoms with Crippen LogP contribution in [0.3, 0.4) is 0 Å². The lowest BCUT2D eigenvalue weighted by Crippen LogP contribution is -2.36. The van der Waals surface area contributed by atoms with Crippen molar-refractivity contribution in [2.45, 2.75) is 13.8 Å². The summed E-state index contributed by atoms with van der Waals surface area (Å²) in [5.74, 6) is 4.29. The molecule has 0 aromatic heterocycles. The number of halogens is 1. The lowest BCUT2D eigenvalue weighted by atomic mass is 10.3. The lowest BCUT2D eigenvalue weighted by molar-refractivity contribution is 0.537. The molecule has 0 aromatic carbocycles. The maximum atomic E-state index is 4.37. The molecular formula is C10H22IN3S. The third-order valence-corrected chi connectivity index (χ3v) is 3.43. The molecular weight excluding hydrogens is 321 g/mol. The Labute approximate surface area is 114 Å². The first-order valence-electron chi connectivity index (χ1n) is 5.27. The summed E-state index contributed by atoms with van der Waals surface area (Å²) in [6.45, 7) is 7.55. The summed E-state index contributed by atoms with van der Waals surface area (Å²) in [6.07, 6.45) is 0. The van der Waals surface area contributed by atoms with Crippen molar-refractivity contribution in [2.24, 2.45) is 10.9 Å². The molecule has 0 bridgehead atoms. The monoisotopic (exact) mass is 343 g/mol. The van der Waals surface area contributed by atoms with Crippen LogP contribution in [0.2, 0.25) is 0 Å². The Hall–Kier alpha value is 0.350. The summed E-state index contributed by atoms with van der Waals surface area (Å²) in [5, 5.41) is 3.36. The highest BCUT2D eigenvalue weighted by atomic mass is 127. The Morgan fingerprint density at radius 2 is 2.27 bits per heavy atom. The van der Waals surface area contributed by atoms with Gasteiger partial charge in [0.2, 0.25) is 0 Å². The van der Waals surface area contributed by atoms with Crippen LogP contribution in [-0.4, -0.2) is 49.0 Å². The molecule has 0 aromatic rings. The van der Waals surface area contributed by atoms with Gasteiger partial charge in [-0.2, -0.15) is 11.8 Å². The van der Waals surface area contributed by atoms with E-state index in [1.54, 1.807) is 0 Å². The molecule has 1 aliphatic heterocycles. The first kappa shape index (κ1) is 15.3. The largest absolute Gasteiger partial charge is 0.355 e. The van der Waals surface area contributed by atoms with Crippen molar-refractivity contribution in [3.05, 3.63) is 0 Å². The zero-order valence-electron chi connectivity index (χ0n) is 9.82. The Morgan fingerprint density at radius 3 is 2.80 bits per heavy atom. The molecule has 0 spiro atoms. The highest BCUT2D eigenvalue weighted by Gasteiger charge is 2.10. The highest BCUT2D eigenvalue weighted by molar-refractivity contribution is 14.0. The molecule has 1 rings (SSSR count). The van der Waals surface area contributed by atoms with E-state index >= 15 is 0 Å². The first-order chi connectivity index (χ1) is 6.70. The Balaban J connectivity index is 0.00000196. The number of rotatable bonds is 5. The van der Waals surface area contributed by atoms with Gasteiger partial charge in [-0.1, -0.05) is 13.8 Å². The normalized spacial score (nSPS) is 15.2. The zero-order chi connectivity index (χ0) is 10.4. The van der Waals surface area contributed by atoms with Gasteiger partial charge in [-0.15, -0.1) is 24.0 Å². The van der Waals surface area contributed by atoms with E-state index in [1.807, 2.05) is 11.8 Å². The summed E-state index contributed by atoms with van der Waals surface area (Å²) >= 11 is 2.01. The van der Waals surface area contributed by atoms with Gasteiger partial charge in [0.1, 0.15) is 0 Å². The highest BCUT2D eigenvalue weighted by Crippen LogP contribution is 2.06. The van der Waals surface area contributed by atoms with Crippen LogP contribution in [0.4, 0.5) is 0 Å². The van der Waals surface area contributed by atoms with Crippen LogP contribution in [-0.2, 0) is 0 Å². The van der Waals surface area contributed by atoms with E-state index in [0.29, 0.717) is 0 Å². The number of thioether (sulfide) groups is 1. The first-order valence-corrected chi connectivity index (χ1v) is 6.43. The van der Waals surface area contributed by atoms with Gasteiger partial charge in [0.15, 0.2) is 5.96 Å². The maximum Gasteiger partial charge on any atom is 0.193 e. The molecule has 0 radical (unpaired) electrons. The van der Waals surface area contributed by atoms with E-state index in [-0.39, 0.29) is 24.0 Å². The average molecular weight is 343 g/mol. The molecule has 0 atom stereocenters. The smallest absolute Gasteiger partial charge is 0.193 e. The van der Waals surface area contributed by atoms with E-state index in [4.69, 9.17) is 0 Å². The van der Waals surface area contributed by atoms with E-state index < -0.39 is 0 Å². The lowest BCUT2D eigenvalue weighted by Gasteiger charge is -2.15. The van der Waals surface area contributed by atoms with Gasteiger partial charge in [0, 0.05) is 25.9 Å². The van der Waals surface area contributed by atoms with E-state index in [0.717, 1.165) is 31.5 Å². The van der Waals surface area contributed by atoms with Crippen molar-refractivity contribution < 1.29 is 0 Å². The molecule has 90 valence electrons. The third kappa shape index (κ3) is 6.50. The Bertz CT molecular complexity index is 197. The van der Waals surface area contributed by atoms with Crippen LogP contribution >= 0.6 is 35.7 Å². The van der Waals surface area contributed by atoms with Gasteiger partial charge in [0.05, 0.1) is 6.54 Å². The van der Waals surface area contributed by atoms with Crippen LogP contribution in [0.25, 0.3) is 0 Å². The SMILES string of the molecule is CC(C)CSCCNC1=NCCN1C.I. The number of guanidine groups is 1. The molecule has 15 heavy (non-hydrogen) atoms. The summed E-state index contributed by atoms with van der Waals surface area (Å²) < 4.78 is 0. The van der Waals surface area contributed by atoms with Crippen LogP contribution in [0.5, 0.6) is 0 Å². The molecule has 0 aliphatic carbocycles. The minimum atomic E-state index is 0. The summed E-state index contributed by atoms with van der Waals surface area (Å²) in [6, 6.07) is 0. The van der Waals surface area contributed by atoms with Gasteiger partial charge in [-0.3, -0.25) is 4.99 Å². The zero-order valence-corrected chi connectivity index (χ0v) is 13.0. The molecule has 5 heteroatoms. The second-order valence-corrected chi connectivity index (χ2v) is 5.17. The number of aliphatic imine (C=N–C) groups is 1. The minimum absolute atomic E-state index is 0. The maximum absolute atomic E-state index is 4.37. The fourth-order valence-electron chi connectivity index (χ4n) is 1.28. The number of hydrogen-bond donors (Lipinski definition) is 1. The Kier molecular flexibility index (Phi) is 8.69. The molecule has 0 saturated carbocycles. The van der Waals surface area contributed by atoms with Crippen molar-refractivity contribution in [3.63, 3.8) is 0 Å². The number of likely N-dealkylation sites (N-methyl/N-ethyl adjacent to an activating group) is 1. The van der Waals surface area contributed by atoms with Crippen molar-refractivity contribution >= 4 is 41.7 Å². The average Bonchev–Trinajstić information content (AvgIpc) is 2.51. The quantitative estimate of drug-likeness (QED) is 0.610. The van der Waals surface area contributed by atoms with Gasteiger partial charge in [-0.05, 0) is 11.7 Å². The second kappa shape index (κ2) is 8.50. The molecule has 3 nitrogen and oxygen atoms in total. The van der Waals surface area contributed by atoms with Gasteiger partial charge >= 0.3 is 0 Å². The van der Waals surface area contributed by atoms with Gasteiger partial charge in [0.25, 0.3) is 0 Å². The van der Waals surface area contributed by atoms with Crippen molar-refractivity contribution in [1.82, 2.24) is 10.2 Å². The van der Waals surface area contributed by atoms with E-state index in [1.165, 1.54) is 11.5 Å². The summed E-state index contributed by atoms with van der Waals surface area (Å²) in [5.41, 5.74) is 0. The predicted octanol–water partition coefficient (Wildman–Crippen LogP) is 1.88. The van der Waals surface area contributed by atoms with Crippen molar-refractivity contribution in [2.75, 3.05) is 38.2 Å². The Morgan fingerprint density at radius 1 is 1.53 bits per heavy atom. The van der Waals surface area contributed by atoms with Gasteiger partial charge in [-0.25, -0.2) is 0 Å². The van der Waals surface area contributed by atoms with Crippen molar-refractivity contribution in [3.8, 4) is 0 Å². The van der Waals surface area contributed by atoms with Crippen LogP contribution in [0.1, 0.15) is 13.8 Å². The fourth-order valence-corrected chi connectivity index (χ4v) is 2.16. The number of nitrogens with one attached hydrogen (secondary N) is 1. The summed E-state index contributed by atoms with van der Waals surface area (Å²) in [7, 11) is 2.08. The fraction of sp³-hybridized carbons (Fsp3) is 0.900. The molecule has 1 heterocycles. The van der Waals surface area contributed by atoms with Crippen molar-refractivity contribution in [1.29, 1.82) is 0 Å². The van der Waals surface area contributed by atoms with Crippen LogP contribution < -0.4 is 5.32 Å². The molecule has 0 unspecified atom stereocenters. The number of hydrogen-bond acceptors (Lipinski definition) is 4. The molecule has 0 amide bonds. The van der Waals surface area contributed by atoms with E-state index in [9.17, 15) is 0 Å². The third-order valence-electron chi connectivity index (χ3n) is 2.04. The minimum Gasteiger partial charge on any atom is -0.355 e. The van der Waals surface area contributed by atoms with Gasteiger partial charge < -0.3 is 10.2 Å². The van der Waals surface area contributed by atoms with Crippen LogP contribution in [0, 0.1) is 5.92 Å². The summed E-state index contributed by atoms with van der Waals surface area (Å²) in [4.78, 5) is 6.55. The molecule has 1 aliphatic rings. The molecule has 1 N–H and O–H groups in total. The topological polar surface area (TPSA) is 27.6 Å². The van der Waals surface area contributed by atoms with E-state index in [2.05, 4.69) is 36.1 Å². The predicted molar refractivity (Wildman–Crippen MR) is 80.5 cm³/mol. The number of nitrogens with zero attached hydrogens (tertiary/aromatic N) is 2. The standard InChI is InChI=1S/C10H21N3S.HI/c1-9(2)8-14-7-5-12-10-11-4-6-13(10)3;/h9H,4-8H2,1-3H3,(H,11,12);1H.